The summed E-state index contributed by atoms with van der Waals surface area (Å²) in [5.74, 6) is -0.258. The first-order valence-corrected chi connectivity index (χ1v) is 10.6. The van der Waals surface area contributed by atoms with Crippen molar-refractivity contribution in [3.8, 4) is 0 Å². The second kappa shape index (κ2) is 7.91. The Morgan fingerprint density at radius 3 is 2.52 bits per heavy atom. The average Bonchev–Trinajstić information content (AvgIpc) is 3.43. The van der Waals surface area contributed by atoms with E-state index in [1.807, 2.05) is 0 Å². The lowest BCUT2D eigenvalue weighted by molar-refractivity contribution is -0.137. The minimum atomic E-state index is -4.40. The lowest BCUT2D eigenvalue weighted by atomic mass is 9.94. The molecule has 2 unspecified atom stereocenters. The zero-order chi connectivity index (χ0) is 20.6. The van der Waals surface area contributed by atoms with Gasteiger partial charge in [0, 0.05) is 23.8 Å². The number of hydrogen-bond acceptors (Lipinski definition) is 3. The fourth-order valence-electron chi connectivity index (χ4n) is 4.72. The number of carbonyl (C=O) groups excluding carboxylic acids is 1. The monoisotopic (exact) mass is 410 g/mol. The first-order valence-electron chi connectivity index (χ1n) is 10.6. The molecule has 1 aromatic rings. The van der Waals surface area contributed by atoms with Crippen molar-refractivity contribution in [2.75, 3.05) is 13.2 Å². The number of hydrogen-bond donors (Lipinski definition) is 2. The molecule has 3 fully saturated rings. The molecule has 1 amide bonds. The summed E-state index contributed by atoms with van der Waals surface area (Å²) < 4.78 is 44.9. The van der Waals surface area contributed by atoms with Gasteiger partial charge >= 0.3 is 6.18 Å². The van der Waals surface area contributed by atoms with E-state index in [-0.39, 0.29) is 29.4 Å². The Morgan fingerprint density at radius 1 is 1.14 bits per heavy atom. The molecule has 0 spiro atoms. The van der Waals surface area contributed by atoms with Crippen molar-refractivity contribution in [1.82, 2.24) is 10.6 Å². The van der Waals surface area contributed by atoms with Gasteiger partial charge in [0.15, 0.2) is 0 Å². The largest absolute Gasteiger partial charge is 0.416 e. The summed E-state index contributed by atoms with van der Waals surface area (Å²) in [6.45, 7) is 3.29. The van der Waals surface area contributed by atoms with Gasteiger partial charge in [0.2, 0.25) is 0 Å². The van der Waals surface area contributed by atoms with E-state index in [2.05, 4.69) is 17.6 Å². The summed E-state index contributed by atoms with van der Waals surface area (Å²) in [4.78, 5) is 13.0. The van der Waals surface area contributed by atoms with Crippen molar-refractivity contribution in [1.29, 1.82) is 0 Å². The topological polar surface area (TPSA) is 50.4 Å². The molecule has 1 aromatic carbocycles. The zero-order valence-corrected chi connectivity index (χ0v) is 16.8. The van der Waals surface area contributed by atoms with Crippen LogP contribution in [-0.4, -0.2) is 36.7 Å². The van der Waals surface area contributed by atoms with E-state index in [4.69, 9.17) is 4.74 Å². The van der Waals surface area contributed by atoms with Gasteiger partial charge in [0.25, 0.3) is 5.91 Å². The predicted octanol–water partition coefficient (Wildman–Crippen LogP) is 4.39. The van der Waals surface area contributed by atoms with Gasteiger partial charge < -0.3 is 15.4 Å². The first-order chi connectivity index (χ1) is 13.8. The quantitative estimate of drug-likeness (QED) is 0.757. The van der Waals surface area contributed by atoms with Crippen LogP contribution in [0.25, 0.3) is 0 Å². The molecule has 2 saturated carbocycles. The number of amides is 1. The molecule has 2 aliphatic carbocycles. The third kappa shape index (κ3) is 4.77. The van der Waals surface area contributed by atoms with E-state index >= 15 is 0 Å². The SMILES string of the molecule is CC1(NC2CCOCC2NC(=O)c2ccc(C(F)(F)F)cc2C2CC2)CCCC1. The Balaban J connectivity index is 1.50. The fraction of sp³-hybridized carbons (Fsp3) is 0.682. The molecule has 2 atom stereocenters. The van der Waals surface area contributed by atoms with Crippen molar-refractivity contribution in [3.63, 3.8) is 0 Å². The minimum Gasteiger partial charge on any atom is -0.379 e. The van der Waals surface area contributed by atoms with Crippen LogP contribution in [0.5, 0.6) is 0 Å². The van der Waals surface area contributed by atoms with Gasteiger partial charge in [-0.25, -0.2) is 0 Å². The van der Waals surface area contributed by atoms with E-state index in [1.165, 1.54) is 18.9 Å². The van der Waals surface area contributed by atoms with Gasteiger partial charge in [0.1, 0.15) is 0 Å². The number of ether oxygens (including phenoxy) is 1. The minimum absolute atomic E-state index is 0.0481. The van der Waals surface area contributed by atoms with Crippen LogP contribution in [-0.2, 0) is 10.9 Å². The lowest BCUT2D eigenvalue weighted by Crippen LogP contribution is -2.60. The molecular weight excluding hydrogens is 381 g/mol. The standard InChI is InChI=1S/C22H29F3N2O2/c1-21(9-2-3-10-21)27-18-8-11-29-13-19(18)26-20(28)16-7-6-15(22(23,24)25)12-17(16)14-4-5-14/h6-7,12,14,18-19,27H,2-5,8-11,13H2,1H3,(H,26,28). The third-order valence-electron chi connectivity index (χ3n) is 6.55. The fourth-order valence-corrected chi connectivity index (χ4v) is 4.72. The third-order valence-corrected chi connectivity index (χ3v) is 6.55. The molecular formula is C22H29F3N2O2. The molecule has 160 valence electrons. The van der Waals surface area contributed by atoms with Crippen molar-refractivity contribution in [3.05, 3.63) is 34.9 Å². The van der Waals surface area contributed by atoms with Crippen LogP contribution in [0.3, 0.4) is 0 Å². The number of alkyl halides is 3. The molecule has 2 N–H and O–H groups in total. The number of rotatable bonds is 5. The molecule has 0 radical (unpaired) electrons. The molecule has 4 rings (SSSR count). The van der Waals surface area contributed by atoms with E-state index in [1.54, 1.807) is 0 Å². The lowest BCUT2D eigenvalue weighted by Gasteiger charge is -2.39. The highest BCUT2D eigenvalue weighted by atomic mass is 19.4. The molecule has 0 bridgehead atoms. The highest BCUT2D eigenvalue weighted by Crippen LogP contribution is 2.43. The van der Waals surface area contributed by atoms with Gasteiger partial charge in [-0.1, -0.05) is 12.8 Å². The second-order valence-corrected chi connectivity index (χ2v) is 9.04. The molecule has 0 aromatic heterocycles. The first kappa shape index (κ1) is 20.7. The average molecular weight is 410 g/mol. The van der Waals surface area contributed by atoms with E-state index in [0.29, 0.717) is 24.3 Å². The summed E-state index contributed by atoms with van der Waals surface area (Å²) in [5.41, 5.74) is 0.266. The summed E-state index contributed by atoms with van der Waals surface area (Å²) in [6, 6.07) is 3.40. The summed E-state index contributed by atoms with van der Waals surface area (Å²) >= 11 is 0. The second-order valence-electron chi connectivity index (χ2n) is 9.04. The van der Waals surface area contributed by atoms with Crippen LogP contribution >= 0.6 is 0 Å². The van der Waals surface area contributed by atoms with Crippen LogP contribution < -0.4 is 10.6 Å². The van der Waals surface area contributed by atoms with Gasteiger partial charge in [-0.2, -0.15) is 13.2 Å². The number of nitrogens with one attached hydrogen (secondary N) is 2. The van der Waals surface area contributed by atoms with Gasteiger partial charge in [-0.15, -0.1) is 0 Å². The Morgan fingerprint density at radius 2 is 1.86 bits per heavy atom. The van der Waals surface area contributed by atoms with E-state index in [9.17, 15) is 18.0 Å². The maximum absolute atomic E-state index is 13.1. The zero-order valence-electron chi connectivity index (χ0n) is 16.8. The highest BCUT2D eigenvalue weighted by Gasteiger charge is 2.38. The summed E-state index contributed by atoms with van der Waals surface area (Å²) in [5, 5.41) is 6.79. The van der Waals surface area contributed by atoms with Crippen LogP contribution in [0.2, 0.25) is 0 Å². The van der Waals surface area contributed by atoms with Crippen LogP contribution in [0.4, 0.5) is 13.2 Å². The molecule has 1 aliphatic heterocycles. The summed E-state index contributed by atoms with van der Waals surface area (Å²) in [6.07, 6.45) is 2.73. The molecule has 7 heteroatoms. The molecule has 1 saturated heterocycles. The maximum atomic E-state index is 13.1. The van der Waals surface area contributed by atoms with Gasteiger partial charge in [-0.3, -0.25) is 4.79 Å². The number of halogens is 3. The highest BCUT2D eigenvalue weighted by molar-refractivity contribution is 5.96. The Kier molecular flexibility index (Phi) is 5.64. The normalized spacial score (nSPS) is 27.0. The van der Waals surface area contributed by atoms with Crippen molar-refractivity contribution < 1.29 is 22.7 Å². The predicted molar refractivity (Wildman–Crippen MR) is 104 cm³/mol. The Bertz CT molecular complexity index is 755. The van der Waals surface area contributed by atoms with Crippen LogP contribution in [0.1, 0.15) is 79.3 Å². The smallest absolute Gasteiger partial charge is 0.379 e. The maximum Gasteiger partial charge on any atom is 0.416 e. The Hall–Kier alpha value is -1.60. The van der Waals surface area contributed by atoms with E-state index in [0.717, 1.165) is 44.2 Å². The molecule has 29 heavy (non-hydrogen) atoms. The van der Waals surface area contributed by atoms with Crippen molar-refractivity contribution in [2.24, 2.45) is 0 Å². The van der Waals surface area contributed by atoms with Crippen LogP contribution in [0, 0.1) is 0 Å². The number of carbonyl (C=O) groups is 1. The van der Waals surface area contributed by atoms with Gasteiger partial charge in [0.05, 0.1) is 18.2 Å². The molecule has 1 heterocycles. The summed E-state index contributed by atoms with van der Waals surface area (Å²) in [7, 11) is 0. The van der Waals surface area contributed by atoms with E-state index < -0.39 is 11.7 Å². The van der Waals surface area contributed by atoms with Gasteiger partial charge in [-0.05, 0) is 68.7 Å². The molecule has 4 nitrogen and oxygen atoms in total. The van der Waals surface area contributed by atoms with Crippen molar-refractivity contribution >= 4 is 5.91 Å². The Labute approximate surface area is 169 Å². The van der Waals surface area contributed by atoms with Crippen molar-refractivity contribution in [2.45, 2.75) is 81.6 Å². The van der Waals surface area contributed by atoms with Crippen LogP contribution in [0.15, 0.2) is 18.2 Å². The molecule has 3 aliphatic rings. The number of benzene rings is 1.